The predicted octanol–water partition coefficient (Wildman–Crippen LogP) is 9.97. The highest BCUT2D eigenvalue weighted by Crippen LogP contribution is 2.43. The fraction of sp³-hybridized carbons (Fsp3) is 0.211. The Morgan fingerprint density at radius 1 is 0.455 bits per heavy atom. The van der Waals surface area contributed by atoms with Gasteiger partial charge in [-0.3, -0.25) is 0 Å². The van der Waals surface area contributed by atoms with Gasteiger partial charge in [-0.15, -0.1) is 0 Å². The van der Waals surface area contributed by atoms with E-state index in [-0.39, 0.29) is 28.9 Å². The molecule has 226 valence electrons. The monoisotopic (exact) mass is 607 g/mol. The van der Waals surface area contributed by atoms with E-state index in [1.807, 2.05) is 71.9 Å². The third-order valence-corrected chi connectivity index (χ3v) is 8.98. The molecule has 0 aromatic heterocycles. The number of halogens is 1. The maximum absolute atomic E-state index is 10.6. The lowest BCUT2D eigenvalue weighted by Gasteiger charge is -2.28. The van der Waals surface area contributed by atoms with Gasteiger partial charge in [0.05, 0.1) is 0 Å². The number of aryl methyl sites for hydroxylation is 7. The van der Waals surface area contributed by atoms with E-state index in [1.165, 1.54) is 0 Å². The van der Waals surface area contributed by atoms with Crippen LogP contribution in [0.15, 0.2) is 72.8 Å². The molecule has 0 fully saturated rings. The summed E-state index contributed by atoms with van der Waals surface area (Å²) in [5.74, 6) is -0.0476. The molecule has 44 heavy (non-hydrogen) atoms. The molecule has 1 unspecified atom stereocenters. The Morgan fingerprint density at radius 2 is 0.841 bits per heavy atom. The summed E-state index contributed by atoms with van der Waals surface area (Å²) in [7, 11) is 0. The van der Waals surface area contributed by atoms with Gasteiger partial charge < -0.3 is 25.3 Å². The van der Waals surface area contributed by atoms with Gasteiger partial charge in [-0.25, -0.2) is 0 Å². The average molecular weight is 608 g/mol. The second-order valence-electron chi connectivity index (χ2n) is 11.9. The molecule has 0 heterocycles. The number of aromatic hydroxyl groups is 4. The van der Waals surface area contributed by atoms with Crippen LogP contribution in [0.5, 0.6) is 23.0 Å². The smallest absolute Gasteiger partial charge is 0.160 e. The second-order valence-corrected chi connectivity index (χ2v) is 12.3. The fourth-order valence-electron chi connectivity index (χ4n) is 6.07. The third-order valence-electron chi connectivity index (χ3n) is 8.38. The highest BCUT2D eigenvalue weighted by Gasteiger charge is 2.23. The standard InChI is InChI=1S/C38H38ClNO4/c1-20-15-31(16-21(2)35(20)39)40(32-17-25(6)37(43)26(7)18-32)30-10-8-27(9-11-30)34(28-12-22(3)36(42)23(4)13-28)29-14-24(5)38(44)33(41)19-29/h8-19,34,41-44H,1-7H3. The first-order valence-corrected chi connectivity index (χ1v) is 14.9. The number of phenolic OH excluding ortho intramolecular Hbond substituents is 4. The topological polar surface area (TPSA) is 84.2 Å². The summed E-state index contributed by atoms with van der Waals surface area (Å²) in [4.78, 5) is 2.15. The third kappa shape index (κ3) is 5.68. The summed E-state index contributed by atoms with van der Waals surface area (Å²) in [6, 6.07) is 23.8. The quantitative estimate of drug-likeness (QED) is 0.114. The zero-order valence-corrected chi connectivity index (χ0v) is 26.9. The zero-order chi connectivity index (χ0) is 32.0. The summed E-state index contributed by atoms with van der Waals surface area (Å²) in [5.41, 5.74) is 11.1. The predicted molar refractivity (Wildman–Crippen MR) is 180 cm³/mol. The summed E-state index contributed by atoms with van der Waals surface area (Å²) in [6.45, 7) is 13.3. The van der Waals surface area contributed by atoms with Crippen molar-refractivity contribution in [3.8, 4) is 23.0 Å². The van der Waals surface area contributed by atoms with Gasteiger partial charge in [0.25, 0.3) is 0 Å². The molecule has 0 spiro atoms. The number of nitrogens with zero attached hydrogens (tertiary/aromatic N) is 1. The maximum atomic E-state index is 10.6. The fourth-order valence-corrected chi connectivity index (χ4v) is 6.17. The Hall–Kier alpha value is -4.61. The van der Waals surface area contributed by atoms with Gasteiger partial charge in [-0.05, 0) is 147 Å². The molecule has 6 heteroatoms. The molecule has 4 N–H and O–H groups in total. The van der Waals surface area contributed by atoms with Gasteiger partial charge in [-0.2, -0.15) is 0 Å². The molecule has 0 saturated heterocycles. The van der Waals surface area contributed by atoms with Crippen LogP contribution in [0, 0.1) is 48.5 Å². The molecule has 0 aliphatic heterocycles. The highest BCUT2D eigenvalue weighted by molar-refractivity contribution is 6.32. The molecule has 0 radical (unpaired) electrons. The Labute approximate surface area is 264 Å². The minimum Gasteiger partial charge on any atom is -0.507 e. The van der Waals surface area contributed by atoms with E-state index in [2.05, 4.69) is 41.3 Å². The first-order valence-electron chi connectivity index (χ1n) is 14.6. The van der Waals surface area contributed by atoms with Gasteiger partial charge in [0, 0.05) is 28.0 Å². The zero-order valence-electron chi connectivity index (χ0n) is 26.1. The lowest BCUT2D eigenvalue weighted by atomic mass is 9.83. The first-order chi connectivity index (χ1) is 20.8. The molecule has 0 aliphatic carbocycles. The molecular formula is C38H38ClNO4. The lowest BCUT2D eigenvalue weighted by molar-refractivity contribution is 0.400. The van der Waals surface area contributed by atoms with Crippen LogP contribution in [0.25, 0.3) is 0 Å². The van der Waals surface area contributed by atoms with E-state index in [0.29, 0.717) is 5.56 Å². The SMILES string of the molecule is Cc1cc(C(c2ccc(N(c3cc(C)c(O)c(C)c3)c3cc(C)c(Cl)c(C)c3)cc2)c2cc(C)c(O)c(O)c2)cc(C)c1O. The molecule has 5 aromatic carbocycles. The normalized spacial score (nSPS) is 11.9. The van der Waals surface area contributed by atoms with E-state index in [4.69, 9.17) is 11.6 Å². The van der Waals surface area contributed by atoms with Gasteiger partial charge in [0.15, 0.2) is 11.5 Å². The molecule has 5 nitrogen and oxygen atoms in total. The lowest BCUT2D eigenvalue weighted by Crippen LogP contribution is -2.12. The summed E-state index contributed by atoms with van der Waals surface area (Å²) < 4.78 is 0. The highest BCUT2D eigenvalue weighted by atomic mass is 35.5. The Balaban J connectivity index is 1.70. The number of phenols is 4. The van der Waals surface area contributed by atoms with Crippen molar-refractivity contribution in [2.75, 3.05) is 4.90 Å². The van der Waals surface area contributed by atoms with Gasteiger partial charge in [-0.1, -0.05) is 41.9 Å². The summed E-state index contributed by atoms with van der Waals surface area (Å²) in [5, 5.41) is 42.6. The maximum Gasteiger partial charge on any atom is 0.160 e. The van der Waals surface area contributed by atoms with E-state index in [9.17, 15) is 20.4 Å². The van der Waals surface area contributed by atoms with Crippen molar-refractivity contribution in [1.82, 2.24) is 0 Å². The number of hydrogen-bond donors (Lipinski definition) is 4. The molecule has 0 aliphatic rings. The van der Waals surface area contributed by atoms with E-state index < -0.39 is 0 Å². The van der Waals surface area contributed by atoms with Crippen LogP contribution < -0.4 is 4.90 Å². The van der Waals surface area contributed by atoms with Crippen LogP contribution >= 0.6 is 11.6 Å². The second kappa shape index (κ2) is 11.8. The summed E-state index contributed by atoms with van der Waals surface area (Å²) >= 11 is 6.55. The van der Waals surface area contributed by atoms with Crippen molar-refractivity contribution >= 4 is 28.7 Å². The Kier molecular flexibility index (Phi) is 8.28. The molecule has 1 atom stereocenters. The van der Waals surface area contributed by atoms with E-state index >= 15 is 0 Å². The van der Waals surface area contributed by atoms with Gasteiger partial charge >= 0.3 is 0 Å². The van der Waals surface area contributed by atoms with Crippen molar-refractivity contribution in [3.63, 3.8) is 0 Å². The Bertz CT molecular complexity index is 1550. The Morgan fingerprint density at radius 3 is 1.30 bits per heavy atom. The van der Waals surface area contributed by atoms with Crippen molar-refractivity contribution in [1.29, 1.82) is 0 Å². The van der Waals surface area contributed by atoms with Crippen LogP contribution in [-0.4, -0.2) is 20.4 Å². The molecule has 5 aromatic rings. The average Bonchev–Trinajstić information content (AvgIpc) is 2.97. The minimum atomic E-state index is -0.279. The molecule has 0 bridgehead atoms. The number of benzene rings is 5. The van der Waals surface area contributed by atoms with Crippen LogP contribution in [0.4, 0.5) is 17.1 Å². The molecular weight excluding hydrogens is 570 g/mol. The number of anilines is 3. The van der Waals surface area contributed by atoms with Crippen LogP contribution in [0.2, 0.25) is 5.02 Å². The van der Waals surface area contributed by atoms with Crippen LogP contribution in [0.3, 0.4) is 0 Å². The first kappa shape index (κ1) is 30.8. The number of hydrogen-bond acceptors (Lipinski definition) is 5. The number of rotatable bonds is 6. The summed E-state index contributed by atoms with van der Waals surface area (Å²) in [6.07, 6.45) is 0. The van der Waals surface area contributed by atoms with Crippen molar-refractivity contribution in [3.05, 3.63) is 133 Å². The van der Waals surface area contributed by atoms with Crippen molar-refractivity contribution in [2.45, 2.75) is 54.4 Å². The van der Waals surface area contributed by atoms with Crippen LogP contribution in [-0.2, 0) is 0 Å². The molecule has 0 saturated carbocycles. The van der Waals surface area contributed by atoms with Crippen molar-refractivity contribution < 1.29 is 20.4 Å². The van der Waals surface area contributed by atoms with E-state index in [0.717, 1.165) is 72.2 Å². The molecule has 5 rings (SSSR count). The van der Waals surface area contributed by atoms with Crippen molar-refractivity contribution in [2.24, 2.45) is 0 Å². The minimum absolute atomic E-state index is 0.135. The van der Waals surface area contributed by atoms with Gasteiger partial charge in [0.1, 0.15) is 11.5 Å². The van der Waals surface area contributed by atoms with E-state index in [1.54, 1.807) is 13.0 Å². The largest absolute Gasteiger partial charge is 0.507 e. The molecule has 0 amide bonds. The van der Waals surface area contributed by atoms with Crippen LogP contribution in [0.1, 0.15) is 61.6 Å². The van der Waals surface area contributed by atoms with Gasteiger partial charge in [0.2, 0.25) is 0 Å².